The lowest BCUT2D eigenvalue weighted by molar-refractivity contribution is 0.590. The first-order chi connectivity index (χ1) is 5.39. The normalized spacial score (nSPS) is 11.7. The number of anilines is 1. The second kappa shape index (κ2) is 3.09. The SMILES string of the molecule is CC(C)(C)c1cc(N)cc(Br)c1. The highest BCUT2D eigenvalue weighted by atomic mass is 79.9. The first-order valence-electron chi connectivity index (χ1n) is 3.96. The van der Waals surface area contributed by atoms with Crippen LogP contribution in [-0.4, -0.2) is 0 Å². The molecule has 0 aliphatic rings. The second-order valence-corrected chi connectivity index (χ2v) is 4.94. The monoisotopic (exact) mass is 227 g/mol. The average Bonchev–Trinajstić information content (AvgIpc) is 1.82. The molecule has 0 fully saturated rings. The maximum Gasteiger partial charge on any atom is 0.0328 e. The standard InChI is InChI=1S/C10H14BrN/c1-10(2,3)7-4-8(11)6-9(12)5-7/h4-6H,12H2,1-3H3. The summed E-state index contributed by atoms with van der Waals surface area (Å²) in [5.74, 6) is 0. The van der Waals surface area contributed by atoms with E-state index in [9.17, 15) is 0 Å². The van der Waals surface area contributed by atoms with Crippen molar-refractivity contribution < 1.29 is 0 Å². The molecular formula is C10H14BrN. The highest BCUT2D eigenvalue weighted by molar-refractivity contribution is 9.10. The molecule has 0 aromatic heterocycles. The minimum Gasteiger partial charge on any atom is -0.399 e. The van der Waals surface area contributed by atoms with E-state index in [1.165, 1.54) is 5.56 Å². The van der Waals surface area contributed by atoms with Gasteiger partial charge in [-0.25, -0.2) is 0 Å². The van der Waals surface area contributed by atoms with Gasteiger partial charge in [0.05, 0.1) is 0 Å². The summed E-state index contributed by atoms with van der Waals surface area (Å²) in [4.78, 5) is 0. The Kier molecular flexibility index (Phi) is 2.47. The summed E-state index contributed by atoms with van der Waals surface area (Å²) in [7, 11) is 0. The third-order valence-corrected chi connectivity index (χ3v) is 2.24. The zero-order chi connectivity index (χ0) is 9.35. The molecule has 0 saturated heterocycles. The topological polar surface area (TPSA) is 26.0 Å². The minimum atomic E-state index is 0.165. The molecule has 12 heavy (non-hydrogen) atoms. The molecule has 0 aliphatic heterocycles. The molecule has 0 amide bonds. The summed E-state index contributed by atoms with van der Waals surface area (Å²) in [5, 5.41) is 0. The van der Waals surface area contributed by atoms with Crippen molar-refractivity contribution in [2.45, 2.75) is 26.2 Å². The average molecular weight is 228 g/mol. The fourth-order valence-electron chi connectivity index (χ4n) is 1.05. The maximum atomic E-state index is 5.73. The Labute approximate surface area is 82.1 Å². The van der Waals surface area contributed by atoms with E-state index in [4.69, 9.17) is 5.73 Å². The van der Waals surface area contributed by atoms with Crippen LogP contribution in [0.15, 0.2) is 22.7 Å². The Balaban J connectivity index is 3.18. The van der Waals surface area contributed by atoms with Crippen LogP contribution in [0.25, 0.3) is 0 Å². The van der Waals surface area contributed by atoms with Crippen LogP contribution >= 0.6 is 15.9 Å². The summed E-state index contributed by atoms with van der Waals surface area (Å²) in [6.45, 7) is 6.52. The molecular weight excluding hydrogens is 214 g/mol. The van der Waals surface area contributed by atoms with Crippen LogP contribution in [0.1, 0.15) is 26.3 Å². The molecule has 1 rings (SSSR count). The van der Waals surface area contributed by atoms with Crippen molar-refractivity contribution in [2.24, 2.45) is 0 Å². The predicted molar refractivity (Wildman–Crippen MR) is 57.3 cm³/mol. The van der Waals surface area contributed by atoms with Crippen molar-refractivity contribution in [2.75, 3.05) is 5.73 Å². The van der Waals surface area contributed by atoms with Gasteiger partial charge in [-0.3, -0.25) is 0 Å². The zero-order valence-corrected chi connectivity index (χ0v) is 9.27. The second-order valence-electron chi connectivity index (χ2n) is 4.02. The summed E-state index contributed by atoms with van der Waals surface area (Å²) in [5.41, 5.74) is 7.96. The minimum absolute atomic E-state index is 0.165. The Morgan fingerprint density at radius 3 is 2.17 bits per heavy atom. The summed E-state index contributed by atoms with van der Waals surface area (Å²) >= 11 is 3.43. The Morgan fingerprint density at radius 2 is 1.75 bits per heavy atom. The van der Waals surface area contributed by atoms with Crippen LogP contribution in [0.4, 0.5) is 5.69 Å². The van der Waals surface area contributed by atoms with Crippen LogP contribution in [0.5, 0.6) is 0 Å². The zero-order valence-electron chi connectivity index (χ0n) is 7.69. The highest BCUT2D eigenvalue weighted by Gasteiger charge is 2.13. The molecule has 1 nitrogen and oxygen atoms in total. The molecule has 1 aromatic carbocycles. The van der Waals surface area contributed by atoms with E-state index in [-0.39, 0.29) is 5.41 Å². The van der Waals surface area contributed by atoms with Gasteiger partial charge in [0.1, 0.15) is 0 Å². The molecule has 0 bridgehead atoms. The van der Waals surface area contributed by atoms with E-state index < -0.39 is 0 Å². The van der Waals surface area contributed by atoms with Crippen molar-refractivity contribution in [3.63, 3.8) is 0 Å². The maximum absolute atomic E-state index is 5.73. The lowest BCUT2D eigenvalue weighted by Crippen LogP contribution is -2.11. The quantitative estimate of drug-likeness (QED) is 0.677. The molecule has 0 unspecified atom stereocenters. The molecule has 2 heteroatoms. The predicted octanol–water partition coefficient (Wildman–Crippen LogP) is 3.33. The number of nitrogen functional groups attached to an aromatic ring is 1. The number of hydrogen-bond donors (Lipinski definition) is 1. The van der Waals surface area contributed by atoms with E-state index in [1.807, 2.05) is 12.1 Å². The lowest BCUT2D eigenvalue weighted by Gasteiger charge is -2.19. The number of nitrogens with two attached hydrogens (primary N) is 1. The first-order valence-corrected chi connectivity index (χ1v) is 4.75. The first kappa shape index (κ1) is 9.59. The molecule has 0 heterocycles. The Morgan fingerprint density at radius 1 is 1.17 bits per heavy atom. The van der Waals surface area contributed by atoms with Gasteiger partial charge in [-0.2, -0.15) is 0 Å². The van der Waals surface area contributed by atoms with Gasteiger partial charge < -0.3 is 5.73 Å². The third kappa shape index (κ3) is 2.24. The number of hydrogen-bond acceptors (Lipinski definition) is 1. The fourth-order valence-corrected chi connectivity index (χ4v) is 1.56. The van der Waals surface area contributed by atoms with Crippen molar-refractivity contribution >= 4 is 21.6 Å². The van der Waals surface area contributed by atoms with Crippen LogP contribution in [0.3, 0.4) is 0 Å². The van der Waals surface area contributed by atoms with E-state index >= 15 is 0 Å². The van der Waals surface area contributed by atoms with Crippen molar-refractivity contribution in [3.8, 4) is 0 Å². The Bertz CT molecular complexity index is 266. The van der Waals surface area contributed by atoms with Gasteiger partial charge >= 0.3 is 0 Å². The van der Waals surface area contributed by atoms with Crippen LogP contribution in [0, 0.1) is 0 Å². The smallest absolute Gasteiger partial charge is 0.0328 e. The summed E-state index contributed by atoms with van der Waals surface area (Å²) < 4.78 is 1.05. The van der Waals surface area contributed by atoms with Crippen LogP contribution < -0.4 is 5.73 Å². The van der Waals surface area contributed by atoms with E-state index in [0.29, 0.717) is 0 Å². The van der Waals surface area contributed by atoms with Gasteiger partial charge in [-0.15, -0.1) is 0 Å². The van der Waals surface area contributed by atoms with Gasteiger partial charge in [0.25, 0.3) is 0 Å². The largest absolute Gasteiger partial charge is 0.399 e. The highest BCUT2D eigenvalue weighted by Crippen LogP contribution is 2.27. The van der Waals surface area contributed by atoms with Gasteiger partial charge in [-0.1, -0.05) is 36.7 Å². The number of halogens is 1. The van der Waals surface area contributed by atoms with Gasteiger partial charge in [0.2, 0.25) is 0 Å². The molecule has 1 aromatic rings. The molecule has 2 N–H and O–H groups in total. The molecule has 0 radical (unpaired) electrons. The van der Waals surface area contributed by atoms with E-state index in [0.717, 1.165) is 10.2 Å². The molecule has 66 valence electrons. The molecule has 0 atom stereocenters. The van der Waals surface area contributed by atoms with Gasteiger partial charge in [0.15, 0.2) is 0 Å². The van der Waals surface area contributed by atoms with Crippen molar-refractivity contribution in [1.29, 1.82) is 0 Å². The number of benzene rings is 1. The number of rotatable bonds is 0. The van der Waals surface area contributed by atoms with E-state index in [1.54, 1.807) is 0 Å². The summed E-state index contributed by atoms with van der Waals surface area (Å²) in [6.07, 6.45) is 0. The van der Waals surface area contributed by atoms with Crippen LogP contribution in [0.2, 0.25) is 0 Å². The lowest BCUT2D eigenvalue weighted by atomic mass is 9.87. The van der Waals surface area contributed by atoms with Crippen molar-refractivity contribution in [3.05, 3.63) is 28.2 Å². The van der Waals surface area contributed by atoms with E-state index in [2.05, 4.69) is 42.8 Å². The summed E-state index contributed by atoms with van der Waals surface area (Å²) in [6, 6.07) is 6.04. The molecule has 0 saturated carbocycles. The van der Waals surface area contributed by atoms with Gasteiger partial charge in [0, 0.05) is 10.2 Å². The molecule has 0 spiro atoms. The van der Waals surface area contributed by atoms with Gasteiger partial charge in [-0.05, 0) is 29.2 Å². The van der Waals surface area contributed by atoms with Crippen LogP contribution in [-0.2, 0) is 5.41 Å². The Hall–Kier alpha value is -0.500. The fraction of sp³-hybridized carbons (Fsp3) is 0.400. The van der Waals surface area contributed by atoms with Crippen molar-refractivity contribution in [1.82, 2.24) is 0 Å². The molecule has 0 aliphatic carbocycles. The third-order valence-electron chi connectivity index (χ3n) is 1.79.